The molecule has 0 aliphatic heterocycles. The van der Waals surface area contributed by atoms with Gasteiger partial charge in [0, 0.05) is 5.39 Å². The molecule has 2 aromatic heterocycles. The van der Waals surface area contributed by atoms with Gasteiger partial charge in [-0.05, 0) is 52.3 Å². The van der Waals surface area contributed by atoms with Crippen LogP contribution in [0.15, 0.2) is 54.9 Å². The molecule has 0 bridgehead atoms. The number of aromatic nitrogens is 3. The molecule has 0 spiro atoms. The molecule has 0 radical (unpaired) electrons. The fourth-order valence-corrected chi connectivity index (χ4v) is 3.55. The van der Waals surface area contributed by atoms with Crippen molar-refractivity contribution >= 4 is 21.9 Å². The van der Waals surface area contributed by atoms with E-state index >= 15 is 0 Å². The van der Waals surface area contributed by atoms with E-state index in [1.807, 2.05) is 6.33 Å². The van der Waals surface area contributed by atoms with E-state index in [1.165, 1.54) is 16.5 Å². The molecule has 28 heavy (non-hydrogen) atoms. The molecular formula is C25H29N3. The number of fused-ring (bicyclic) bond motifs is 2. The van der Waals surface area contributed by atoms with E-state index in [-0.39, 0.29) is 10.8 Å². The number of hydrogen-bond donors (Lipinski definition) is 0. The first-order valence-electron chi connectivity index (χ1n) is 9.97. The second kappa shape index (κ2) is 6.44. The first-order chi connectivity index (χ1) is 13.1. The molecule has 0 atom stereocenters. The summed E-state index contributed by atoms with van der Waals surface area (Å²) in [6, 6.07) is 17.5. The molecule has 144 valence electrons. The minimum atomic E-state index is 0.129. The van der Waals surface area contributed by atoms with Gasteiger partial charge >= 0.3 is 0 Å². The number of nitrogens with zero attached hydrogens (tertiary/aromatic N) is 3. The maximum absolute atomic E-state index is 4.89. The second-order valence-electron chi connectivity index (χ2n) is 9.79. The molecule has 2 aromatic carbocycles. The van der Waals surface area contributed by atoms with Crippen molar-refractivity contribution in [2.24, 2.45) is 0 Å². The summed E-state index contributed by atoms with van der Waals surface area (Å²) in [5, 5.41) is 1.20. The van der Waals surface area contributed by atoms with Crippen LogP contribution in [-0.4, -0.2) is 14.5 Å². The first-order valence-corrected chi connectivity index (χ1v) is 9.97. The van der Waals surface area contributed by atoms with E-state index in [0.717, 1.165) is 28.8 Å². The van der Waals surface area contributed by atoms with Gasteiger partial charge < -0.3 is 4.57 Å². The van der Waals surface area contributed by atoms with Gasteiger partial charge in [0.15, 0.2) is 0 Å². The topological polar surface area (TPSA) is 30.7 Å². The Morgan fingerprint density at radius 1 is 0.750 bits per heavy atom. The summed E-state index contributed by atoms with van der Waals surface area (Å²) < 4.78 is 2.18. The van der Waals surface area contributed by atoms with Crippen LogP contribution in [0.4, 0.5) is 0 Å². The molecule has 2 heterocycles. The SMILES string of the molecule is CC(C)(C)c1ccc2nc(Cn3cnc4cc(C(C)(C)C)ccc43)ccc2c1. The third kappa shape index (κ3) is 3.54. The van der Waals surface area contributed by atoms with E-state index in [1.54, 1.807) is 0 Å². The van der Waals surface area contributed by atoms with Crippen LogP contribution in [0.2, 0.25) is 0 Å². The molecule has 4 rings (SSSR count). The minimum absolute atomic E-state index is 0.129. The van der Waals surface area contributed by atoms with Crippen molar-refractivity contribution in [1.29, 1.82) is 0 Å². The van der Waals surface area contributed by atoms with Crippen molar-refractivity contribution in [2.45, 2.75) is 58.9 Å². The lowest BCUT2D eigenvalue weighted by atomic mass is 9.86. The highest BCUT2D eigenvalue weighted by molar-refractivity contribution is 5.80. The highest BCUT2D eigenvalue weighted by atomic mass is 15.0. The van der Waals surface area contributed by atoms with Crippen molar-refractivity contribution in [1.82, 2.24) is 14.5 Å². The van der Waals surface area contributed by atoms with Crippen LogP contribution < -0.4 is 0 Å². The van der Waals surface area contributed by atoms with E-state index in [9.17, 15) is 0 Å². The van der Waals surface area contributed by atoms with Crippen LogP contribution in [0.3, 0.4) is 0 Å². The standard InChI is InChI=1S/C25H29N3/c1-24(2,3)18-8-11-21-17(13-18)7-10-20(27-21)15-28-16-26-22-14-19(25(4,5)6)9-12-23(22)28/h7-14,16H,15H2,1-6H3. The molecule has 4 aromatic rings. The molecule has 0 amide bonds. The van der Waals surface area contributed by atoms with Gasteiger partial charge in [-0.1, -0.05) is 59.7 Å². The maximum atomic E-state index is 4.89. The van der Waals surface area contributed by atoms with Gasteiger partial charge in [-0.25, -0.2) is 4.98 Å². The fourth-order valence-electron chi connectivity index (χ4n) is 3.55. The summed E-state index contributed by atoms with van der Waals surface area (Å²) in [5.74, 6) is 0. The molecule has 3 nitrogen and oxygen atoms in total. The molecule has 0 unspecified atom stereocenters. The molecule has 0 aliphatic carbocycles. The number of pyridine rings is 1. The van der Waals surface area contributed by atoms with Crippen LogP contribution in [0, 0.1) is 0 Å². The van der Waals surface area contributed by atoms with Gasteiger partial charge in [0.2, 0.25) is 0 Å². The molecule has 0 N–H and O–H groups in total. The Hall–Kier alpha value is -2.68. The van der Waals surface area contributed by atoms with Crippen molar-refractivity contribution in [3.8, 4) is 0 Å². The zero-order valence-corrected chi connectivity index (χ0v) is 17.7. The lowest BCUT2D eigenvalue weighted by Crippen LogP contribution is -2.11. The highest BCUT2D eigenvalue weighted by Gasteiger charge is 2.16. The smallest absolute Gasteiger partial charge is 0.0962 e. The number of hydrogen-bond acceptors (Lipinski definition) is 2. The maximum Gasteiger partial charge on any atom is 0.0962 e. The van der Waals surface area contributed by atoms with Gasteiger partial charge in [0.1, 0.15) is 0 Å². The molecule has 0 fully saturated rings. The Morgan fingerprint density at radius 3 is 2.14 bits per heavy atom. The Labute approximate surface area is 167 Å². The van der Waals surface area contributed by atoms with Crippen molar-refractivity contribution in [3.63, 3.8) is 0 Å². The average molecular weight is 372 g/mol. The second-order valence-corrected chi connectivity index (χ2v) is 9.79. The van der Waals surface area contributed by atoms with Gasteiger partial charge in [-0.3, -0.25) is 4.98 Å². The summed E-state index contributed by atoms with van der Waals surface area (Å²) in [5.41, 5.74) is 7.22. The summed E-state index contributed by atoms with van der Waals surface area (Å²) in [7, 11) is 0. The van der Waals surface area contributed by atoms with Crippen LogP contribution in [0.1, 0.15) is 58.4 Å². The van der Waals surface area contributed by atoms with Crippen molar-refractivity contribution < 1.29 is 0 Å². The average Bonchev–Trinajstić information content (AvgIpc) is 3.02. The normalized spacial score (nSPS) is 12.8. The molecular weight excluding hydrogens is 342 g/mol. The quantitative estimate of drug-likeness (QED) is 0.418. The largest absolute Gasteiger partial charge is 0.324 e. The Balaban J connectivity index is 1.66. The van der Waals surface area contributed by atoms with Gasteiger partial charge in [0.25, 0.3) is 0 Å². The summed E-state index contributed by atoms with van der Waals surface area (Å²) in [4.78, 5) is 9.51. The number of imidazole rings is 1. The lowest BCUT2D eigenvalue weighted by Gasteiger charge is -2.19. The van der Waals surface area contributed by atoms with E-state index in [0.29, 0.717) is 0 Å². The zero-order valence-electron chi connectivity index (χ0n) is 17.7. The van der Waals surface area contributed by atoms with E-state index in [2.05, 4.69) is 99.6 Å². The fraction of sp³-hybridized carbons (Fsp3) is 0.360. The summed E-state index contributed by atoms with van der Waals surface area (Å²) in [6.07, 6.45) is 1.92. The zero-order chi connectivity index (χ0) is 20.1. The lowest BCUT2D eigenvalue weighted by molar-refractivity contribution is 0.590. The Morgan fingerprint density at radius 2 is 1.43 bits per heavy atom. The minimum Gasteiger partial charge on any atom is -0.324 e. The van der Waals surface area contributed by atoms with Gasteiger partial charge in [-0.2, -0.15) is 0 Å². The van der Waals surface area contributed by atoms with Crippen molar-refractivity contribution in [2.75, 3.05) is 0 Å². The summed E-state index contributed by atoms with van der Waals surface area (Å²) >= 11 is 0. The van der Waals surface area contributed by atoms with E-state index in [4.69, 9.17) is 4.98 Å². The predicted molar refractivity (Wildman–Crippen MR) is 118 cm³/mol. The molecule has 3 heteroatoms. The monoisotopic (exact) mass is 371 g/mol. The number of benzene rings is 2. The number of rotatable bonds is 2. The van der Waals surface area contributed by atoms with Crippen molar-refractivity contribution in [3.05, 3.63) is 71.7 Å². The third-order valence-electron chi connectivity index (χ3n) is 5.43. The van der Waals surface area contributed by atoms with Crippen LogP contribution in [0.25, 0.3) is 21.9 Å². The Bertz CT molecular complexity index is 1150. The molecule has 0 saturated carbocycles. The molecule has 0 saturated heterocycles. The Kier molecular flexibility index (Phi) is 4.29. The van der Waals surface area contributed by atoms with Gasteiger partial charge in [-0.15, -0.1) is 0 Å². The van der Waals surface area contributed by atoms with Crippen LogP contribution in [0.5, 0.6) is 0 Å². The predicted octanol–water partition coefficient (Wildman–Crippen LogP) is 6.23. The third-order valence-corrected chi connectivity index (χ3v) is 5.43. The molecule has 0 aliphatic rings. The highest BCUT2D eigenvalue weighted by Crippen LogP contribution is 2.27. The van der Waals surface area contributed by atoms with Crippen LogP contribution in [-0.2, 0) is 17.4 Å². The van der Waals surface area contributed by atoms with Crippen LogP contribution >= 0.6 is 0 Å². The van der Waals surface area contributed by atoms with E-state index < -0.39 is 0 Å². The first kappa shape index (κ1) is 18.7. The summed E-state index contributed by atoms with van der Waals surface area (Å²) in [6.45, 7) is 14.1. The van der Waals surface area contributed by atoms with Gasteiger partial charge in [0.05, 0.1) is 35.1 Å².